The van der Waals surface area contributed by atoms with E-state index in [0.29, 0.717) is 17.3 Å². The van der Waals surface area contributed by atoms with Gasteiger partial charge in [-0.05, 0) is 25.1 Å². The van der Waals surface area contributed by atoms with Crippen molar-refractivity contribution in [3.63, 3.8) is 0 Å². The molecule has 0 atom stereocenters. The van der Waals surface area contributed by atoms with Gasteiger partial charge in [-0.3, -0.25) is 9.48 Å². The molecule has 0 bridgehead atoms. The van der Waals surface area contributed by atoms with Crippen molar-refractivity contribution in [3.8, 4) is 5.75 Å². The van der Waals surface area contributed by atoms with Gasteiger partial charge in [0.15, 0.2) is 11.6 Å². The van der Waals surface area contributed by atoms with Crippen LogP contribution >= 0.6 is 11.6 Å². The van der Waals surface area contributed by atoms with Gasteiger partial charge in [-0.2, -0.15) is 5.10 Å². The van der Waals surface area contributed by atoms with E-state index in [9.17, 15) is 9.18 Å². The number of rotatable bonds is 6. The maximum Gasteiger partial charge on any atom is 0.246 e. The Morgan fingerprint density at radius 2 is 2.17 bits per heavy atom. The summed E-state index contributed by atoms with van der Waals surface area (Å²) >= 11 is 6.11. The van der Waals surface area contributed by atoms with Gasteiger partial charge in [-0.15, -0.1) is 0 Å². The zero-order valence-electron chi connectivity index (χ0n) is 13.8. The Morgan fingerprint density at radius 1 is 1.46 bits per heavy atom. The summed E-state index contributed by atoms with van der Waals surface area (Å²) in [4.78, 5) is 13.6. The Kier molecular flexibility index (Phi) is 5.98. The van der Waals surface area contributed by atoms with E-state index in [1.54, 1.807) is 43.1 Å². The fraction of sp³-hybridized carbons (Fsp3) is 0.294. The molecule has 1 aromatic carbocycles. The Morgan fingerprint density at radius 3 is 2.79 bits per heavy atom. The van der Waals surface area contributed by atoms with Crippen LogP contribution in [-0.4, -0.2) is 40.8 Å². The second kappa shape index (κ2) is 7.97. The summed E-state index contributed by atoms with van der Waals surface area (Å²) in [5.74, 6) is -0.453. The van der Waals surface area contributed by atoms with Gasteiger partial charge in [0, 0.05) is 25.7 Å². The molecule has 24 heavy (non-hydrogen) atoms. The van der Waals surface area contributed by atoms with Crippen molar-refractivity contribution in [1.29, 1.82) is 0 Å². The first-order chi connectivity index (χ1) is 11.4. The Labute approximate surface area is 145 Å². The zero-order chi connectivity index (χ0) is 17.7. The summed E-state index contributed by atoms with van der Waals surface area (Å²) in [5.41, 5.74) is 1.46. The number of nitrogens with zero attached hydrogens (tertiary/aromatic N) is 3. The molecule has 0 fully saturated rings. The van der Waals surface area contributed by atoms with Crippen molar-refractivity contribution in [3.05, 3.63) is 52.6 Å². The van der Waals surface area contributed by atoms with Gasteiger partial charge in [0.25, 0.3) is 0 Å². The molecular formula is C17H19ClFN3O2. The van der Waals surface area contributed by atoms with Crippen LogP contribution in [0, 0.1) is 12.7 Å². The number of aryl methyl sites for hydroxylation is 2. The molecule has 0 unspecified atom stereocenters. The first kappa shape index (κ1) is 18.0. The van der Waals surface area contributed by atoms with E-state index in [0.717, 1.165) is 5.69 Å². The average Bonchev–Trinajstić information content (AvgIpc) is 2.79. The minimum atomic E-state index is -0.423. The van der Waals surface area contributed by atoms with Crippen LogP contribution < -0.4 is 4.74 Å². The highest BCUT2D eigenvalue weighted by atomic mass is 35.5. The monoisotopic (exact) mass is 351 g/mol. The third-order valence-electron chi connectivity index (χ3n) is 3.49. The van der Waals surface area contributed by atoms with Crippen molar-refractivity contribution in [2.75, 3.05) is 20.2 Å². The SMILES string of the molecule is Cc1nn(C)c(Cl)c1/C=C/C(=O)N(C)CCOc1ccccc1F. The standard InChI is InChI=1S/C17H19ClFN3O2/c1-12-13(17(18)22(3)20-12)8-9-16(23)21(2)10-11-24-15-7-5-4-6-14(15)19/h4-9H,10-11H2,1-3H3/b9-8+. The Hall–Kier alpha value is -2.34. The molecule has 0 saturated heterocycles. The molecule has 1 aromatic heterocycles. The van der Waals surface area contributed by atoms with Gasteiger partial charge in [0.1, 0.15) is 11.8 Å². The highest BCUT2D eigenvalue weighted by Gasteiger charge is 2.10. The predicted octanol–water partition coefficient (Wildman–Crippen LogP) is 3.07. The van der Waals surface area contributed by atoms with Crippen molar-refractivity contribution in [2.24, 2.45) is 7.05 Å². The maximum absolute atomic E-state index is 13.4. The van der Waals surface area contributed by atoms with Crippen LogP contribution in [0.3, 0.4) is 0 Å². The fourth-order valence-electron chi connectivity index (χ4n) is 2.08. The summed E-state index contributed by atoms with van der Waals surface area (Å²) in [6.07, 6.45) is 3.07. The lowest BCUT2D eigenvalue weighted by molar-refractivity contribution is -0.125. The molecule has 5 nitrogen and oxygen atoms in total. The number of halogens is 2. The van der Waals surface area contributed by atoms with E-state index in [1.165, 1.54) is 17.0 Å². The van der Waals surface area contributed by atoms with Gasteiger partial charge in [0.05, 0.1) is 12.2 Å². The number of hydrogen-bond donors (Lipinski definition) is 0. The van der Waals surface area contributed by atoms with Crippen LogP contribution in [0.15, 0.2) is 30.3 Å². The van der Waals surface area contributed by atoms with E-state index < -0.39 is 5.82 Å². The number of carbonyl (C=O) groups excluding carboxylic acids is 1. The van der Waals surface area contributed by atoms with Crippen LogP contribution in [-0.2, 0) is 11.8 Å². The lowest BCUT2D eigenvalue weighted by atomic mass is 10.2. The second-order valence-electron chi connectivity index (χ2n) is 5.29. The van der Waals surface area contributed by atoms with Crippen LogP contribution in [0.4, 0.5) is 4.39 Å². The number of hydrogen-bond acceptors (Lipinski definition) is 3. The predicted molar refractivity (Wildman–Crippen MR) is 91.5 cm³/mol. The third-order valence-corrected chi connectivity index (χ3v) is 3.93. The number of para-hydroxylation sites is 1. The summed E-state index contributed by atoms with van der Waals surface area (Å²) < 4.78 is 20.3. The highest BCUT2D eigenvalue weighted by Crippen LogP contribution is 2.20. The van der Waals surface area contributed by atoms with E-state index >= 15 is 0 Å². The quantitative estimate of drug-likeness (QED) is 0.751. The minimum Gasteiger partial charge on any atom is -0.489 e. The van der Waals surface area contributed by atoms with Crippen LogP contribution in [0.25, 0.3) is 6.08 Å². The molecule has 1 heterocycles. The molecule has 0 aliphatic carbocycles. The number of likely N-dealkylation sites (N-methyl/N-ethyl adjacent to an activating group) is 1. The van der Waals surface area contributed by atoms with Gasteiger partial charge in [-0.25, -0.2) is 4.39 Å². The molecule has 2 aromatic rings. The van der Waals surface area contributed by atoms with E-state index in [4.69, 9.17) is 16.3 Å². The zero-order valence-corrected chi connectivity index (χ0v) is 14.5. The molecular weight excluding hydrogens is 333 g/mol. The smallest absolute Gasteiger partial charge is 0.246 e. The molecule has 1 amide bonds. The van der Waals surface area contributed by atoms with Crippen LogP contribution in [0.2, 0.25) is 5.15 Å². The van der Waals surface area contributed by atoms with Crippen LogP contribution in [0.5, 0.6) is 5.75 Å². The molecule has 0 radical (unpaired) electrons. The van der Waals surface area contributed by atoms with Crippen molar-refractivity contribution in [1.82, 2.24) is 14.7 Å². The minimum absolute atomic E-state index is 0.173. The summed E-state index contributed by atoms with van der Waals surface area (Å²) in [6.45, 7) is 2.35. The third kappa shape index (κ3) is 4.35. The molecule has 2 rings (SSSR count). The summed E-state index contributed by atoms with van der Waals surface area (Å²) in [7, 11) is 3.38. The number of aromatic nitrogens is 2. The number of benzene rings is 1. The summed E-state index contributed by atoms with van der Waals surface area (Å²) in [5, 5.41) is 4.65. The van der Waals surface area contributed by atoms with Gasteiger partial charge < -0.3 is 9.64 Å². The second-order valence-corrected chi connectivity index (χ2v) is 5.64. The molecule has 128 valence electrons. The largest absolute Gasteiger partial charge is 0.489 e. The molecule has 0 aliphatic rings. The normalized spacial score (nSPS) is 11.0. The lowest BCUT2D eigenvalue weighted by Crippen LogP contribution is -2.29. The maximum atomic E-state index is 13.4. The Balaban J connectivity index is 1.88. The van der Waals surface area contributed by atoms with Crippen molar-refractivity contribution >= 4 is 23.6 Å². The van der Waals surface area contributed by atoms with E-state index in [-0.39, 0.29) is 18.3 Å². The van der Waals surface area contributed by atoms with Gasteiger partial charge in [-0.1, -0.05) is 23.7 Å². The van der Waals surface area contributed by atoms with Crippen molar-refractivity contribution < 1.29 is 13.9 Å². The average molecular weight is 352 g/mol. The van der Waals surface area contributed by atoms with Crippen LogP contribution in [0.1, 0.15) is 11.3 Å². The molecule has 0 saturated carbocycles. The highest BCUT2D eigenvalue weighted by molar-refractivity contribution is 6.31. The molecule has 0 N–H and O–H groups in total. The first-order valence-electron chi connectivity index (χ1n) is 7.39. The fourth-order valence-corrected chi connectivity index (χ4v) is 2.32. The van der Waals surface area contributed by atoms with Gasteiger partial charge in [0.2, 0.25) is 5.91 Å². The first-order valence-corrected chi connectivity index (χ1v) is 7.77. The van der Waals surface area contributed by atoms with E-state index in [1.807, 2.05) is 6.92 Å². The summed E-state index contributed by atoms with van der Waals surface area (Å²) in [6, 6.07) is 6.15. The number of carbonyl (C=O) groups is 1. The van der Waals surface area contributed by atoms with Gasteiger partial charge >= 0.3 is 0 Å². The number of ether oxygens (including phenoxy) is 1. The molecule has 0 aliphatic heterocycles. The molecule has 0 spiro atoms. The topological polar surface area (TPSA) is 47.4 Å². The van der Waals surface area contributed by atoms with E-state index in [2.05, 4.69) is 5.10 Å². The Bertz CT molecular complexity index is 758. The number of amides is 1. The van der Waals surface area contributed by atoms with Crippen molar-refractivity contribution in [2.45, 2.75) is 6.92 Å². The lowest BCUT2D eigenvalue weighted by Gasteiger charge is -2.15. The molecule has 7 heteroatoms.